The van der Waals surface area contributed by atoms with Gasteiger partial charge in [-0.2, -0.15) is 0 Å². The van der Waals surface area contributed by atoms with Crippen LogP contribution in [0.15, 0.2) is 47.4 Å². The SMILES string of the molecule is CCc1ccc(N(C)S(=O)(=O)c2cccc(F)c2N)cc1. The largest absolute Gasteiger partial charge is 0.395 e. The molecule has 0 heterocycles. The maximum Gasteiger partial charge on any atom is 0.266 e. The number of sulfonamides is 1. The third-order valence-corrected chi connectivity index (χ3v) is 5.20. The van der Waals surface area contributed by atoms with Gasteiger partial charge < -0.3 is 5.73 Å². The normalized spacial score (nSPS) is 11.4. The Morgan fingerprint density at radius 1 is 1.14 bits per heavy atom. The zero-order valence-corrected chi connectivity index (χ0v) is 12.7. The summed E-state index contributed by atoms with van der Waals surface area (Å²) >= 11 is 0. The Balaban J connectivity index is 2.44. The van der Waals surface area contributed by atoms with Crippen molar-refractivity contribution in [3.63, 3.8) is 0 Å². The molecule has 0 atom stereocenters. The molecule has 0 aromatic heterocycles. The Morgan fingerprint density at radius 2 is 1.76 bits per heavy atom. The second-order valence-corrected chi connectivity index (χ2v) is 6.58. The van der Waals surface area contributed by atoms with Crippen molar-refractivity contribution in [1.29, 1.82) is 0 Å². The molecule has 0 unspecified atom stereocenters. The van der Waals surface area contributed by atoms with E-state index in [4.69, 9.17) is 5.73 Å². The number of para-hydroxylation sites is 1. The van der Waals surface area contributed by atoms with Crippen LogP contribution in [0, 0.1) is 5.82 Å². The highest BCUT2D eigenvalue weighted by molar-refractivity contribution is 7.93. The van der Waals surface area contributed by atoms with Crippen molar-refractivity contribution in [3.8, 4) is 0 Å². The van der Waals surface area contributed by atoms with E-state index in [0.29, 0.717) is 5.69 Å². The van der Waals surface area contributed by atoms with E-state index in [1.54, 1.807) is 12.1 Å². The smallest absolute Gasteiger partial charge is 0.266 e. The predicted octanol–water partition coefficient (Wildman–Crippen LogP) is 2.80. The molecule has 112 valence electrons. The zero-order chi connectivity index (χ0) is 15.6. The molecule has 0 radical (unpaired) electrons. The maximum absolute atomic E-state index is 13.5. The number of benzene rings is 2. The molecular formula is C15H17FN2O2S. The van der Waals surface area contributed by atoms with Gasteiger partial charge in [-0.15, -0.1) is 0 Å². The van der Waals surface area contributed by atoms with E-state index >= 15 is 0 Å². The Hall–Kier alpha value is -2.08. The van der Waals surface area contributed by atoms with Gasteiger partial charge in [0.2, 0.25) is 0 Å². The van der Waals surface area contributed by atoms with E-state index in [0.717, 1.165) is 22.4 Å². The van der Waals surface area contributed by atoms with E-state index in [2.05, 4.69) is 0 Å². The zero-order valence-electron chi connectivity index (χ0n) is 11.9. The first-order chi connectivity index (χ1) is 9.87. The molecule has 0 aliphatic heterocycles. The molecule has 0 aliphatic rings. The van der Waals surface area contributed by atoms with Crippen LogP contribution < -0.4 is 10.0 Å². The number of hydrogen-bond donors (Lipinski definition) is 1. The highest BCUT2D eigenvalue weighted by atomic mass is 32.2. The van der Waals surface area contributed by atoms with Crippen LogP contribution in [0.25, 0.3) is 0 Å². The second kappa shape index (κ2) is 5.73. The van der Waals surface area contributed by atoms with Crippen molar-refractivity contribution in [2.24, 2.45) is 0 Å². The van der Waals surface area contributed by atoms with Gasteiger partial charge in [0.1, 0.15) is 10.7 Å². The van der Waals surface area contributed by atoms with Gasteiger partial charge in [0, 0.05) is 7.05 Å². The summed E-state index contributed by atoms with van der Waals surface area (Å²) in [5.74, 6) is -0.745. The lowest BCUT2D eigenvalue weighted by molar-refractivity contribution is 0.591. The number of halogens is 1. The second-order valence-electron chi connectivity index (χ2n) is 4.64. The molecule has 0 amide bonds. The van der Waals surface area contributed by atoms with Gasteiger partial charge in [0.15, 0.2) is 0 Å². The van der Waals surface area contributed by atoms with Crippen LogP contribution in [0.2, 0.25) is 0 Å². The van der Waals surface area contributed by atoms with E-state index in [-0.39, 0.29) is 10.6 Å². The van der Waals surface area contributed by atoms with Crippen molar-refractivity contribution in [3.05, 3.63) is 53.8 Å². The summed E-state index contributed by atoms with van der Waals surface area (Å²) in [6.45, 7) is 2.02. The molecule has 0 saturated carbocycles. The van der Waals surface area contributed by atoms with Crippen molar-refractivity contribution in [2.45, 2.75) is 18.2 Å². The quantitative estimate of drug-likeness (QED) is 0.883. The molecule has 2 aromatic carbocycles. The molecule has 0 aliphatic carbocycles. The highest BCUT2D eigenvalue weighted by Crippen LogP contribution is 2.27. The van der Waals surface area contributed by atoms with Gasteiger partial charge in [-0.25, -0.2) is 12.8 Å². The number of rotatable bonds is 4. The minimum atomic E-state index is -3.90. The number of anilines is 2. The number of aryl methyl sites for hydroxylation is 1. The van der Waals surface area contributed by atoms with E-state index in [1.807, 2.05) is 19.1 Å². The molecule has 4 nitrogen and oxygen atoms in total. The molecular weight excluding hydrogens is 291 g/mol. The van der Waals surface area contributed by atoms with Crippen LogP contribution in [0.4, 0.5) is 15.8 Å². The minimum absolute atomic E-state index is 0.232. The lowest BCUT2D eigenvalue weighted by Gasteiger charge is -2.20. The van der Waals surface area contributed by atoms with Crippen LogP contribution in [-0.2, 0) is 16.4 Å². The summed E-state index contributed by atoms with van der Waals surface area (Å²) in [6.07, 6.45) is 0.869. The fraction of sp³-hybridized carbons (Fsp3) is 0.200. The number of nitrogens with two attached hydrogens (primary N) is 1. The van der Waals surface area contributed by atoms with Crippen LogP contribution in [0.1, 0.15) is 12.5 Å². The first-order valence-corrected chi connectivity index (χ1v) is 7.93. The molecule has 21 heavy (non-hydrogen) atoms. The third kappa shape index (κ3) is 2.85. The van der Waals surface area contributed by atoms with Crippen LogP contribution in [-0.4, -0.2) is 15.5 Å². The highest BCUT2D eigenvalue weighted by Gasteiger charge is 2.25. The lowest BCUT2D eigenvalue weighted by Crippen LogP contribution is -2.27. The molecule has 2 rings (SSSR count). The topological polar surface area (TPSA) is 63.4 Å². The molecule has 0 saturated heterocycles. The molecule has 0 spiro atoms. The van der Waals surface area contributed by atoms with E-state index in [1.165, 1.54) is 19.2 Å². The first kappa shape index (κ1) is 15.3. The molecule has 2 aromatic rings. The maximum atomic E-state index is 13.5. The van der Waals surface area contributed by atoms with Gasteiger partial charge >= 0.3 is 0 Å². The predicted molar refractivity (Wildman–Crippen MR) is 82.2 cm³/mol. The summed E-state index contributed by atoms with van der Waals surface area (Å²) in [6, 6.07) is 10.9. The van der Waals surface area contributed by atoms with Gasteiger partial charge in [-0.05, 0) is 36.2 Å². The molecule has 0 bridgehead atoms. The number of hydrogen-bond acceptors (Lipinski definition) is 3. The van der Waals surface area contributed by atoms with Crippen molar-refractivity contribution < 1.29 is 12.8 Å². The summed E-state index contributed by atoms with van der Waals surface area (Å²) < 4.78 is 39.6. The average Bonchev–Trinajstić information content (AvgIpc) is 2.49. The number of nitrogen functional groups attached to an aromatic ring is 1. The summed E-state index contributed by atoms with van der Waals surface area (Å²) in [4.78, 5) is -0.232. The Morgan fingerprint density at radius 3 is 2.33 bits per heavy atom. The Labute approximate surface area is 124 Å². The van der Waals surface area contributed by atoms with E-state index in [9.17, 15) is 12.8 Å². The Bertz CT molecular complexity index is 743. The van der Waals surface area contributed by atoms with Gasteiger partial charge in [-0.3, -0.25) is 4.31 Å². The summed E-state index contributed by atoms with van der Waals surface area (Å²) in [7, 11) is -2.48. The average molecular weight is 308 g/mol. The van der Waals surface area contributed by atoms with Crippen LogP contribution in [0.5, 0.6) is 0 Å². The van der Waals surface area contributed by atoms with Crippen molar-refractivity contribution >= 4 is 21.4 Å². The summed E-state index contributed by atoms with van der Waals surface area (Å²) in [5.41, 5.74) is 6.79. The first-order valence-electron chi connectivity index (χ1n) is 6.49. The Kier molecular flexibility index (Phi) is 4.18. The molecule has 6 heteroatoms. The molecule has 2 N–H and O–H groups in total. The standard InChI is InChI=1S/C15H17FN2O2S/c1-3-11-7-9-12(10-8-11)18(2)21(19,20)14-6-4-5-13(16)15(14)17/h4-10H,3,17H2,1-2H3. The van der Waals surface area contributed by atoms with Crippen LogP contribution in [0.3, 0.4) is 0 Å². The third-order valence-electron chi connectivity index (χ3n) is 3.36. The van der Waals surface area contributed by atoms with Crippen LogP contribution >= 0.6 is 0 Å². The summed E-state index contributed by atoms with van der Waals surface area (Å²) in [5, 5.41) is 0. The fourth-order valence-electron chi connectivity index (χ4n) is 1.97. The minimum Gasteiger partial charge on any atom is -0.395 e. The van der Waals surface area contributed by atoms with Gasteiger partial charge in [0.05, 0.1) is 11.4 Å². The van der Waals surface area contributed by atoms with Crippen molar-refractivity contribution in [2.75, 3.05) is 17.1 Å². The lowest BCUT2D eigenvalue weighted by atomic mass is 10.1. The number of nitrogens with zero attached hydrogens (tertiary/aromatic N) is 1. The fourth-order valence-corrected chi connectivity index (χ4v) is 3.29. The monoisotopic (exact) mass is 308 g/mol. The van der Waals surface area contributed by atoms with Crippen molar-refractivity contribution in [1.82, 2.24) is 0 Å². The molecule has 0 fully saturated rings. The van der Waals surface area contributed by atoms with Gasteiger partial charge in [0.25, 0.3) is 10.0 Å². The van der Waals surface area contributed by atoms with E-state index < -0.39 is 15.8 Å². The van der Waals surface area contributed by atoms with Gasteiger partial charge in [-0.1, -0.05) is 25.1 Å².